The Labute approximate surface area is 129 Å². The lowest BCUT2D eigenvalue weighted by atomic mass is 10.1. The molecule has 20 heavy (non-hydrogen) atoms. The third kappa shape index (κ3) is 3.10. The summed E-state index contributed by atoms with van der Waals surface area (Å²) in [5.41, 5.74) is 4.04. The summed E-state index contributed by atoms with van der Waals surface area (Å²) in [6.07, 6.45) is 0.835. The van der Waals surface area contributed by atoms with Gasteiger partial charge in [0.2, 0.25) is 0 Å². The number of benzene rings is 1. The van der Waals surface area contributed by atoms with Crippen LogP contribution in [0.15, 0.2) is 24.3 Å². The molecule has 1 unspecified atom stereocenters. The summed E-state index contributed by atoms with van der Waals surface area (Å²) in [5, 5.41) is 8.53. The summed E-state index contributed by atoms with van der Waals surface area (Å²) in [4.78, 5) is 0. The predicted octanol–water partition coefficient (Wildman–Crippen LogP) is 4.55. The van der Waals surface area contributed by atoms with E-state index in [4.69, 9.17) is 23.2 Å². The lowest BCUT2D eigenvalue weighted by Crippen LogP contribution is -2.07. The molecule has 3 nitrogen and oxygen atoms in total. The first-order valence-electron chi connectivity index (χ1n) is 6.71. The molecule has 0 saturated heterocycles. The molecule has 2 aromatic rings. The molecule has 1 aromatic heterocycles. The quantitative estimate of drug-likeness (QED) is 0.821. The minimum absolute atomic E-state index is 0.0353. The molecule has 1 N–H and O–H groups in total. The zero-order valence-electron chi connectivity index (χ0n) is 12.0. The van der Waals surface area contributed by atoms with Crippen LogP contribution >= 0.6 is 23.2 Å². The normalized spacial score (nSPS) is 12.4. The number of para-hydroxylation sites is 1. The smallest absolute Gasteiger partial charge is 0.0868 e. The minimum atomic E-state index is -0.0353. The second-order valence-electron chi connectivity index (χ2n) is 4.74. The van der Waals surface area contributed by atoms with Gasteiger partial charge in [-0.15, -0.1) is 11.6 Å². The van der Waals surface area contributed by atoms with Crippen LogP contribution in [0.3, 0.4) is 0 Å². The van der Waals surface area contributed by atoms with Crippen LogP contribution in [0.4, 0.5) is 5.69 Å². The lowest BCUT2D eigenvalue weighted by molar-refractivity contribution is 0.706. The maximum atomic E-state index is 6.35. The number of aromatic nitrogens is 2. The van der Waals surface area contributed by atoms with Crippen LogP contribution in [-0.4, -0.2) is 9.78 Å². The van der Waals surface area contributed by atoms with Gasteiger partial charge in [-0.1, -0.05) is 36.7 Å². The van der Waals surface area contributed by atoms with Crippen LogP contribution in [0, 0.1) is 0 Å². The summed E-state index contributed by atoms with van der Waals surface area (Å²) in [5.74, 6) is 0. The molecule has 0 aliphatic rings. The second-order valence-corrected chi connectivity index (χ2v) is 5.77. The van der Waals surface area contributed by atoms with E-state index in [-0.39, 0.29) is 5.38 Å². The molecule has 1 heterocycles. The highest BCUT2D eigenvalue weighted by atomic mass is 35.5. The molecule has 0 spiro atoms. The Balaban J connectivity index is 2.19. The highest BCUT2D eigenvalue weighted by molar-refractivity contribution is 6.31. The van der Waals surface area contributed by atoms with Crippen molar-refractivity contribution in [3.8, 4) is 0 Å². The molecule has 1 aromatic carbocycles. The molecule has 1 atom stereocenters. The maximum Gasteiger partial charge on any atom is 0.0868 e. The van der Waals surface area contributed by atoms with Gasteiger partial charge in [-0.3, -0.25) is 4.68 Å². The first kappa shape index (κ1) is 15.2. The molecule has 5 heteroatoms. The maximum absolute atomic E-state index is 6.35. The third-order valence-electron chi connectivity index (χ3n) is 3.34. The second kappa shape index (κ2) is 6.51. The summed E-state index contributed by atoms with van der Waals surface area (Å²) >= 11 is 12.5. The number of nitrogens with one attached hydrogen (secondary N) is 1. The standard InChI is InChI=1S/C15H19Cl2N3/c1-4-12-15(17)14(20(3)19-12)9-18-13-8-6-5-7-11(13)10(2)16/h5-8,10,18H,4,9H2,1-3H3. The zero-order valence-corrected chi connectivity index (χ0v) is 13.5. The third-order valence-corrected chi connectivity index (χ3v) is 4.01. The number of rotatable bonds is 5. The van der Waals surface area contributed by atoms with Crippen LogP contribution in [0.1, 0.15) is 36.2 Å². The summed E-state index contributed by atoms with van der Waals surface area (Å²) in [6.45, 7) is 4.65. The zero-order chi connectivity index (χ0) is 14.7. The van der Waals surface area contributed by atoms with E-state index in [9.17, 15) is 0 Å². The highest BCUT2D eigenvalue weighted by Crippen LogP contribution is 2.28. The van der Waals surface area contributed by atoms with Crippen molar-refractivity contribution < 1.29 is 0 Å². The van der Waals surface area contributed by atoms with E-state index < -0.39 is 0 Å². The Bertz CT molecular complexity index is 591. The summed E-state index contributed by atoms with van der Waals surface area (Å²) < 4.78 is 1.83. The number of anilines is 1. The van der Waals surface area contributed by atoms with Gasteiger partial charge in [0.05, 0.1) is 28.3 Å². The Morgan fingerprint density at radius 1 is 1.35 bits per heavy atom. The average Bonchev–Trinajstić information content (AvgIpc) is 2.71. The van der Waals surface area contributed by atoms with E-state index >= 15 is 0 Å². The molecule has 0 bridgehead atoms. The van der Waals surface area contributed by atoms with Crippen LogP contribution in [0.2, 0.25) is 5.02 Å². The van der Waals surface area contributed by atoms with Crippen molar-refractivity contribution in [2.75, 3.05) is 5.32 Å². The van der Waals surface area contributed by atoms with Crippen molar-refractivity contribution in [2.45, 2.75) is 32.2 Å². The van der Waals surface area contributed by atoms with Crippen LogP contribution < -0.4 is 5.32 Å². The molecular formula is C15H19Cl2N3. The average molecular weight is 312 g/mol. The molecular weight excluding hydrogens is 293 g/mol. The van der Waals surface area contributed by atoms with Crippen LogP contribution in [0.25, 0.3) is 0 Å². The number of alkyl halides is 1. The Kier molecular flexibility index (Phi) is 4.95. The van der Waals surface area contributed by atoms with E-state index in [1.807, 2.05) is 42.9 Å². The van der Waals surface area contributed by atoms with Crippen molar-refractivity contribution in [3.63, 3.8) is 0 Å². The molecule has 0 aliphatic heterocycles. The van der Waals surface area contributed by atoms with Gasteiger partial charge < -0.3 is 5.32 Å². The molecule has 0 amide bonds. The van der Waals surface area contributed by atoms with E-state index in [0.29, 0.717) is 6.54 Å². The Hall–Kier alpha value is -1.19. The molecule has 0 aliphatic carbocycles. The van der Waals surface area contributed by atoms with Gasteiger partial charge in [0.15, 0.2) is 0 Å². The van der Waals surface area contributed by atoms with Gasteiger partial charge in [-0.05, 0) is 25.0 Å². The van der Waals surface area contributed by atoms with E-state index in [2.05, 4.69) is 17.3 Å². The lowest BCUT2D eigenvalue weighted by Gasteiger charge is -2.13. The van der Waals surface area contributed by atoms with Gasteiger partial charge in [0.25, 0.3) is 0 Å². The first-order valence-corrected chi connectivity index (χ1v) is 7.53. The Morgan fingerprint density at radius 2 is 2.05 bits per heavy atom. The SMILES string of the molecule is CCc1nn(C)c(CNc2ccccc2C(C)Cl)c1Cl. The number of halogens is 2. The van der Waals surface area contributed by atoms with Crippen LogP contribution in [0.5, 0.6) is 0 Å². The number of nitrogens with zero attached hydrogens (tertiary/aromatic N) is 2. The van der Waals surface area contributed by atoms with Gasteiger partial charge in [-0.2, -0.15) is 5.10 Å². The molecule has 2 rings (SSSR count). The molecule has 0 saturated carbocycles. The predicted molar refractivity (Wildman–Crippen MR) is 85.6 cm³/mol. The number of hydrogen-bond donors (Lipinski definition) is 1. The molecule has 0 fully saturated rings. The highest BCUT2D eigenvalue weighted by Gasteiger charge is 2.13. The fraction of sp³-hybridized carbons (Fsp3) is 0.400. The van der Waals surface area contributed by atoms with Gasteiger partial charge in [-0.25, -0.2) is 0 Å². The summed E-state index contributed by atoms with van der Waals surface area (Å²) in [7, 11) is 1.91. The van der Waals surface area contributed by atoms with Gasteiger partial charge >= 0.3 is 0 Å². The topological polar surface area (TPSA) is 29.9 Å². The molecule has 0 radical (unpaired) electrons. The van der Waals surface area contributed by atoms with E-state index in [0.717, 1.165) is 34.1 Å². The Morgan fingerprint density at radius 3 is 2.65 bits per heavy atom. The minimum Gasteiger partial charge on any atom is -0.379 e. The van der Waals surface area contributed by atoms with Crippen LogP contribution in [-0.2, 0) is 20.0 Å². The van der Waals surface area contributed by atoms with Crippen molar-refractivity contribution in [3.05, 3.63) is 46.2 Å². The van der Waals surface area contributed by atoms with Crippen molar-refractivity contribution in [2.24, 2.45) is 7.05 Å². The molecule has 108 valence electrons. The van der Waals surface area contributed by atoms with Gasteiger partial charge in [0, 0.05) is 12.7 Å². The number of hydrogen-bond acceptors (Lipinski definition) is 2. The summed E-state index contributed by atoms with van der Waals surface area (Å²) in [6, 6.07) is 8.04. The van der Waals surface area contributed by atoms with Gasteiger partial charge in [0.1, 0.15) is 0 Å². The van der Waals surface area contributed by atoms with Crippen molar-refractivity contribution in [1.29, 1.82) is 0 Å². The fourth-order valence-electron chi connectivity index (χ4n) is 2.20. The monoisotopic (exact) mass is 311 g/mol. The van der Waals surface area contributed by atoms with E-state index in [1.165, 1.54) is 0 Å². The first-order chi connectivity index (χ1) is 9.54. The largest absolute Gasteiger partial charge is 0.379 e. The van der Waals surface area contributed by atoms with Crippen molar-refractivity contribution >= 4 is 28.9 Å². The van der Waals surface area contributed by atoms with E-state index in [1.54, 1.807) is 0 Å². The number of aryl methyl sites for hydroxylation is 2. The van der Waals surface area contributed by atoms with Crippen molar-refractivity contribution in [1.82, 2.24) is 9.78 Å². The fourth-order valence-corrected chi connectivity index (χ4v) is 2.75.